The molecule has 1 aromatic rings. The second kappa shape index (κ2) is 6.69. The summed E-state index contributed by atoms with van der Waals surface area (Å²) in [6.45, 7) is 3.39. The molecule has 0 saturated heterocycles. The van der Waals surface area contributed by atoms with Crippen molar-refractivity contribution in [3.05, 3.63) is 33.9 Å². The second-order valence-electron chi connectivity index (χ2n) is 4.81. The number of hydrogen-bond donors (Lipinski definition) is 2. The molecule has 0 unspecified atom stereocenters. The Morgan fingerprint density at radius 1 is 1.43 bits per heavy atom. The molecule has 0 aliphatic rings. The van der Waals surface area contributed by atoms with E-state index in [-0.39, 0.29) is 35.4 Å². The van der Waals surface area contributed by atoms with Crippen molar-refractivity contribution in [2.24, 2.45) is 0 Å². The van der Waals surface area contributed by atoms with Gasteiger partial charge in [0.05, 0.1) is 17.0 Å². The third-order valence-corrected chi connectivity index (χ3v) is 2.65. The number of para-hydroxylation sites is 1. The molecule has 0 aliphatic carbocycles. The Balaban J connectivity index is 3.17. The first kappa shape index (κ1) is 16.4. The summed E-state index contributed by atoms with van der Waals surface area (Å²) in [5.74, 6) is -1.63. The Morgan fingerprint density at radius 2 is 2.05 bits per heavy atom. The molecule has 2 N–H and O–H groups in total. The van der Waals surface area contributed by atoms with Gasteiger partial charge in [-0.2, -0.15) is 0 Å². The van der Waals surface area contributed by atoms with Crippen LogP contribution in [0.4, 0.5) is 11.4 Å². The highest BCUT2D eigenvalue weighted by atomic mass is 16.6. The number of carboxylic acids is 1. The van der Waals surface area contributed by atoms with E-state index >= 15 is 0 Å². The van der Waals surface area contributed by atoms with E-state index in [1.54, 1.807) is 13.8 Å². The van der Waals surface area contributed by atoms with Crippen molar-refractivity contribution in [2.75, 3.05) is 18.5 Å². The normalized spacial score (nSPS) is 10.3. The molecule has 0 heterocycles. The van der Waals surface area contributed by atoms with Gasteiger partial charge in [-0.05, 0) is 19.9 Å². The van der Waals surface area contributed by atoms with Crippen LogP contribution in [0.3, 0.4) is 0 Å². The molecule has 1 aromatic carbocycles. The first-order valence-corrected chi connectivity index (χ1v) is 6.25. The number of nitrogens with zero attached hydrogens (tertiary/aromatic N) is 2. The maximum atomic E-state index is 11.7. The van der Waals surface area contributed by atoms with E-state index < -0.39 is 10.9 Å². The number of nitro groups is 1. The first-order valence-electron chi connectivity index (χ1n) is 6.25. The SMILES string of the molecule is CC(C)NC(=O)CN(C)c1c(C(=O)O)cccc1[N+](=O)[O-]. The monoisotopic (exact) mass is 295 g/mol. The number of nitro benzene ring substituents is 1. The Kier molecular flexibility index (Phi) is 5.23. The molecule has 1 rings (SSSR count). The third-order valence-electron chi connectivity index (χ3n) is 2.65. The van der Waals surface area contributed by atoms with Crippen molar-refractivity contribution >= 4 is 23.3 Å². The van der Waals surface area contributed by atoms with Crippen LogP contribution in [0.5, 0.6) is 0 Å². The van der Waals surface area contributed by atoms with Crippen LogP contribution in [0.15, 0.2) is 18.2 Å². The molecule has 21 heavy (non-hydrogen) atoms. The average molecular weight is 295 g/mol. The summed E-state index contributed by atoms with van der Waals surface area (Å²) in [4.78, 5) is 34.6. The minimum absolute atomic E-state index is 0.0735. The number of carbonyl (C=O) groups excluding carboxylic acids is 1. The number of amides is 1. The van der Waals surface area contributed by atoms with Crippen LogP contribution in [0.25, 0.3) is 0 Å². The van der Waals surface area contributed by atoms with Crippen LogP contribution < -0.4 is 10.2 Å². The Morgan fingerprint density at radius 3 is 2.52 bits per heavy atom. The number of likely N-dealkylation sites (N-methyl/N-ethyl adjacent to an activating group) is 1. The molecule has 0 aromatic heterocycles. The van der Waals surface area contributed by atoms with Crippen molar-refractivity contribution < 1.29 is 19.6 Å². The molecule has 8 heteroatoms. The van der Waals surface area contributed by atoms with Gasteiger partial charge in [-0.1, -0.05) is 6.07 Å². The highest BCUT2D eigenvalue weighted by molar-refractivity contribution is 5.98. The van der Waals surface area contributed by atoms with Crippen molar-refractivity contribution in [3.63, 3.8) is 0 Å². The van der Waals surface area contributed by atoms with Crippen molar-refractivity contribution in [3.8, 4) is 0 Å². The first-order chi connectivity index (χ1) is 9.73. The van der Waals surface area contributed by atoms with Gasteiger partial charge < -0.3 is 15.3 Å². The number of benzene rings is 1. The van der Waals surface area contributed by atoms with Crippen molar-refractivity contribution in [1.29, 1.82) is 0 Å². The molecule has 0 bridgehead atoms. The third kappa shape index (κ3) is 4.16. The zero-order valence-electron chi connectivity index (χ0n) is 12.0. The summed E-state index contributed by atoms with van der Waals surface area (Å²) >= 11 is 0. The fourth-order valence-corrected chi connectivity index (χ4v) is 1.91. The minimum Gasteiger partial charge on any atom is -0.478 e. The summed E-state index contributed by atoms with van der Waals surface area (Å²) in [7, 11) is 1.44. The molecule has 114 valence electrons. The molecule has 0 aliphatic heterocycles. The number of carbonyl (C=O) groups is 2. The van der Waals surface area contributed by atoms with Crippen LogP contribution in [-0.4, -0.2) is 41.5 Å². The summed E-state index contributed by atoms with van der Waals surface area (Å²) in [6.07, 6.45) is 0. The number of nitrogens with one attached hydrogen (secondary N) is 1. The molecule has 0 saturated carbocycles. The highest BCUT2D eigenvalue weighted by Gasteiger charge is 2.25. The molecule has 8 nitrogen and oxygen atoms in total. The van der Waals surface area contributed by atoms with Gasteiger partial charge in [-0.3, -0.25) is 14.9 Å². The molecule has 1 amide bonds. The maximum absolute atomic E-state index is 11.7. The number of carboxylic acid groups (broad SMARTS) is 1. The predicted molar refractivity (Wildman–Crippen MR) is 76.6 cm³/mol. The quantitative estimate of drug-likeness (QED) is 0.603. The predicted octanol–water partition coefficient (Wildman–Crippen LogP) is 1.25. The Hall–Kier alpha value is -2.64. The standard InChI is InChI=1S/C13H17N3O5/c1-8(2)14-11(17)7-15(3)12-9(13(18)19)5-4-6-10(12)16(20)21/h4-6,8H,7H2,1-3H3,(H,14,17)(H,18,19). The lowest BCUT2D eigenvalue weighted by atomic mass is 10.1. The van der Waals surface area contributed by atoms with Crippen LogP contribution in [0.2, 0.25) is 0 Å². The van der Waals surface area contributed by atoms with Gasteiger partial charge in [0.25, 0.3) is 5.69 Å². The molecule has 0 spiro atoms. The van der Waals surface area contributed by atoms with Gasteiger partial charge in [0, 0.05) is 19.2 Å². The molecular formula is C13H17N3O5. The summed E-state index contributed by atoms with van der Waals surface area (Å²) < 4.78 is 0. The Labute approximate surface area is 121 Å². The topological polar surface area (TPSA) is 113 Å². The summed E-state index contributed by atoms with van der Waals surface area (Å²) in [5, 5.41) is 22.8. The Bertz CT molecular complexity index is 539. The fourth-order valence-electron chi connectivity index (χ4n) is 1.91. The van der Waals surface area contributed by atoms with Crippen molar-refractivity contribution in [1.82, 2.24) is 5.32 Å². The molecule has 0 atom stereocenters. The second-order valence-corrected chi connectivity index (χ2v) is 4.81. The van der Waals surface area contributed by atoms with Crippen LogP contribution >= 0.6 is 0 Å². The lowest BCUT2D eigenvalue weighted by Gasteiger charge is -2.21. The van der Waals surface area contributed by atoms with E-state index in [9.17, 15) is 19.7 Å². The van der Waals surface area contributed by atoms with Gasteiger partial charge >= 0.3 is 5.97 Å². The number of hydrogen-bond acceptors (Lipinski definition) is 5. The fraction of sp³-hybridized carbons (Fsp3) is 0.385. The lowest BCUT2D eigenvalue weighted by molar-refractivity contribution is -0.384. The molecule has 0 fully saturated rings. The molecular weight excluding hydrogens is 278 g/mol. The number of aromatic carboxylic acids is 1. The van der Waals surface area contributed by atoms with E-state index in [1.165, 1.54) is 30.1 Å². The van der Waals surface area contributed by atoms with Crippen LogP contribution in [0.1, 0.15) is 24.2 Å². The molecule has 0 radical (unpaired) electrons. The van der Waals surface area contributed by atoms with Gasteiger partial charge in [-0.15, -0.1) is 0 Å². The van der Waals surface area contributed by atoms with Gasteiger partial charge in [-0.25, -0.2) is 4.79 Å². The van der Waals surface area contributed by atoms with Crippen LogP contribution in [0, 0.1) is 10.1 Å². The largest absolute Gasteiger partial charge is 0.478 e. The highest BCUT2D eigenvalue weighted by Crippen LogP contribution is 2.31. The number of rotatable bonds is 6. The van der Waals surface area contributed by atoms with Gasteiger partial charge in [0.15, 0.2) is 0 Å². The summed E-state index contributed by atoms with van der Waals surface area (Å²) in [6, 6.07) is 3.70. The lowest BCUT2D eigenvalue weighted by Crippen LogP contribution is -2.39. The summed E-state index contributed by atoms with van der Waals surface area (Å²) in [5.41, 5.74) is -0.660. The smallest absolute Gasteiger partial charge is 0.338 e. The van der Waals surface area contributed by atoms with Gasteiger partial charge in [0.1, 0.15) is 5.69 Å². The zero-order chi connectivity index (χ0) is 16.2. The van der Waals surface area contributed by atoms with E-state index in [4.69, 9.17) is 5.11 Å². The maximum Gasteiger partial charge on any atom is 0.338 e. The van der Waals surface area contributed by atoms with Gasteiger partial charge in [0.2, 0.25) is 5.91 Å². The zero-order valence-corrected chi connectivity index (χ0v) is 12.0. The number of anilines is 1. The minimum atomic E-state index is -1.29. The van der Waals surface area contributed by atoms with E-state index in [1.807, 2.05) is 0 Å². The van der Waals surface area contributed by atoms with Crippen LogP contribution in [-0.2, 0) is 4.79 Å². The van der Waals surface area contributed by atoms with E-state index in [2.05, 4.69) is 5.32 Å². The van der Waals surface area contributed by atoms with Crippen molar-refractivity contribution in [2.45, 2.75) is 19.9 Å². The van der Waals surface area contributed by atoms with E-state index in [0.717, 1.165) is 0 Å². The van der Waals surface area contributed by atoms with E-state index in [0.29, 0.717) is 0 Å². The average Bonchev–Trinajstić information content (AvgIpc) is 2.36.